The highest BCUT2D eigenvalue weighted by atomic mass is 32.2. The first-order valence-electron chi connectivity index (χ1n) is 5.27. The molecule has 7 heteroatoms. The van der Waals surface area contributed by atoms with E-state index in [1.807, 2.05) is 24.2 Å². The van der Waals surface area contributed by atoms with Gasteiger partial charge in [0.2, 0.25) is 0 Å². The molecule has 0 spiro atoms. The predicted octanol–water partition coefficient (Wildman–Crippen LogP) is 0.00540. The topological polar surface area (TPSA) is 86.9 Å². The van der Waals surface area contributed by atoms with Crippen molar-refractivity contribution in [3.63, 3.8) is 0 Å². The van der Waals surface area contributed by atoms with Gasteiger partial charge in [-0.25, -0.2) is 0 Å². The maximum Gasteiger partial charge on any atom is 0.264 e. The molecule has 16 heavy (non-hydrogen) atoms. The molecule has 1 aliphatic rings. The summed E-state index contributed by atoms with van der Waals surface area (Å²) in [5.74, 6) is -0.165. The Morgan fingerprint density at radius 1 is 1.44 bits per heavy atom. The molecule has 0 saturated carbocycles. The molecule has 0 bridgehead atoms. The summed E-state index contributed by atoms with van der Waals surface area (Å²) in [4.78, 5) is 4.05. The van der Waals surface area contributed by atoms with Gasteiger partial charge in [0.05, 0.1) is 18.6 Å². The van der Waals surface area contributed by atoms with E-state index in [1.54, 1.807) is 0 Å². The van der Waals surface area contributed by atoms with Crippen LogP contribution in [0.1, 0.15) is 19.8 Å². The van der Waals surface area contributed by atoms with Crippen molar-refractivity contribution >= 4 is 10.1 Å². The summed E-state index contributed by atoms with van der Waals surface area (Å²) in [7, 11) is -3.81. The van der Waals surface area contributed by atoms with E-state index in [4.69, 9.17) is 10.3 Å². The van der Waals surface area contributed by atoms with Gasteiger partial charge >= 0.3 is 0 Å². The first-order valence-corrected chi connectivity index (χ1v) is 6.88. The van der Waals surface area contributed by atoms with Gasteiger partial charge < -0.3 is 15.5 Å². The fourth-order valence-electron chi connectivity index (χ4n) is 1.49. The zero-order valence-corrected chi connectivity index (χ0v) is 10.2. The van der Waals surface area contributed by atoms with E-state index in [1.165, 1.54) is 0 Å². The number of nitrogens with zero attached hydrogens (tertiary/aromatic N) is 2. The molecule has 0 radical (unpaired) electrons. The van der Waals surface area contributed by atoms with E-state index in [9.17, 15) is 8.42 Å². The molecule has 0 fully saturated rings. The van der Waals surface area contributed by atoms with E-state index >= 15 is 0 Å². The molecular weight excluding hydrogens is 230 g/mol. The van der Waals surface area contributed by atoms with Gasteiger partial charge in [-0.05, 0) is 19.8 Å². The molecule has 1 aliphatic heterocycles. The van der Waals surface area contributed by atoms with Crippen LogP contribution in [-0.4, -0.2) is 47.9 Å². The van der Waals surface area contributed by atoms with E-state index in [2.05, 4.69) is 4.90 Å². The number of unbranched alkanes of at least 4 members (excludes halogenated alkanes) is 1. The molecule has 1 heterocycles. The third kappa shape index (κ3) is 4.82. The summed E-state index contributed by atoms with van der Waals surface area (Å²) >= 11 is 0. The predicted molar refractivity (Wildman–Crippen MR) is 61.9 cm³/mol. The second-order valence-corrected chi connectivity index (χ2v) is 5.57. The summed E-state index contributed by atoms with van der Waals surface area (Å²) in [6, 6.07) is 0. The number of rotatable bonds is 6. The SMILES string of the molecule is CC(N)N1C=CN(CCCCS(=O)(=O)O)C1. The molecule has 94 valence electrons. The fourth-order valence-corrected chi connectivity index (χ4v) is 2.06. The van der Waals surface area contributed by atoms with Gasteiger partial charge in [-0.15, -0.1) is 0 Å². The van der Waals surface area contributed by atoms with Crippen LogP contribution in [0.2, 0.25) is 0 Å². The lowest BCUT2D eigenvalue weighted by Gasteiger charge is -2.24. The minimum absolute atomic E-state index is 0.0148. The highest BCUT2D eigenvalue weighted by Gasteiger charge is 2.14. The molecular formula is C9H19N3O3S. The Hall–Kier alpha value is -0.790. The van der Waals surface area contributed by atoms with Crippen molar-refractivity contribution in [2.24, 2.45) is 5.73 Å². The Bertz CT molecular complexity index is 340. The smallest absolute Gasteiger partial charge is 0.264 e. The van der Waals surface area contributed by atoms with Gasteiger partial charge in [-0.3, -0.25) is 4.55 Å². The number of nitrogens with two attached hydrogens (primary N) is 1. The average molecular weight is 249 g/mol. The molecule has 1 unspecified atom stereocenters. The molecule has 1 atom stereocenters. The molecule has 0 aromatic rings. The van der Waals surface area contributed by atoms with Gasteiger partial charge in [0.15, 0.2) is 0 Å². The maximum absolute atomic E-state index is 10.5. The van der Waals surface area contributed by atoms with Gasteiger partial charge in [0.25, 0.3) is 10.1 Å². The molecule has 6 nitrogen and oxygen atoms in total. The largest absolute Gasteiger partial charge is 0.359 e. The zero-order valence-electron chi connectivity index (χ0n) is 9.41. The lowest BCUT2D eigenvalue weighted by molar-refractivity contribution is 0.223. The van der Waals surface area contributed by atoms with E-state index in [-0.39, 0.29) is 11.9 Å². The molecule has 0 saturated heterocycles. The quantitative estimate of drug-likeness (QED) is 0.509. The van der Waals surface area contributed by atoms with Gasteiger partial charge in [-0.2, -0.15) is 8.42 Å². The minimum Gasteiger partial charge on any atom is -0.359 e. The zero-order chi connectivity index (χ0) is 12.2. The number of hydrogen-bond donors (Lipinski definition) is 2. The van der Waals surface area contributed by atoms with Crippen molar-refractivity contribution in [3.05, 3.63) is 12.4 Å². The van der Waals surface area contributed by atoms with E-state index in [0.717, 1.165) is 19.6 Å². The highest BCUT2D eigenvalue weighted by molar-refractivity contribution is 7.85. The highest BCUT2D eigenvalue weighted by Crippen LogP contribution is 2.09. The van der Waals surface area contributed by atoms with Crippen molar-refractivity contribution in [3.8, 4) is 0 Å². The average Bonchev–Trinajstić information content (AvgIpc) is 2.59. The number of hydrogen-bond acceptors (Lipinski definition) is 5. The monoisotopic (exact) mass is 249 g/mol. The van der Waals surface area contributed by atoms with Crippen LogP contribution in [0.4, 0.5) is 0 Å². The normalized spacial score (nSPS) is 18.2. The Labute approximate surface area is 96.5 Å². The molecule has 0 aliphatic carbocycles. The van der Waals surface area contributed by atoms with Crippen LogP contribution >= 0.6 is 0 Å². The Morgan fingerprint density at radius 2 is 2.12 bits per heavy atom. The molecule has 0 amide bonds. The lowest BCUT2D eigenvalue weighted by Crippen LogP contribution is -2.37. The van der Waals surface area contributed by atoms with Crippen molar-refractivity contribution in [1.29, 1.82) is 0 Å². The summed E-state index contributed by atoms with van der Waals surface area (Å²) in [6.45, 7) is 3.42. The first-order chi connectivity index (χ1) is 7.38. The maximum atomic E-state index is 10.5. The van der Waals surface area contributed by atoms with Gasteiger partial charge in [0, 0.05) is 18.9 Å². The van der Waals surface area contributed by atoms with Gasteiger partial charge in [0.1, 0.15) is 0 Å². The Kier molecular flexibility index (Phi) is 4.57. The van der Waals surface area contributed by atoms with Crippen LogP contribution in [-0.2, 0) is 10.1 Å². The van der Waals surface area contributed by atoms with Crippen molar-refractivity contribution in [2.45, 2.75) is 25.9 Å². The third-order valence-corrected chi connectivity index (χ3v) is 3.24. The summed E-state index contributed by atoms with van der Waals surface area (Å²) < 4.78 is 29.5. The minimum atomic E-state index is -3.81. The van der Waals surface area contributed by atoms with Crippen molar-refractivity contribution < 1.29 is 13.0 Å². The van der Waals surface area contributed by atoms with Crippen LogP contribution < -0.4 is 5.73 Å². The molecule has 1 rings (SSSR count). The molecule has 3 N–H and O–H groups in total. The Balaban J connectivity index is 2.15. The van der Waals surface area contributed by atoms with Crippen molar-refractivity contribution in [1.82, 2.24) is 9.80 Å². The van der Waals surface area contributed by atoms with E-state index in [0.29, 0.717) is 6.42 Å². The second kappa shape index (κ2) is 5.51. The Morgan fingerprint density at radius 3 is 2.62 bits per heavy atom. The van der Waals surface area contributed by atoms with Crippen LogP contribution in [0.3, 0.4) is 0 Å². The first kappa shape index (κ1) is 13.3. The second-order valence-electron chi connectivity index (χ2n) is 4.00. The lowest BCUT2D eigenvalue weighted by atomic mass is 10.3. The van der Waals surface area contributed by atoms with Gasteiger partial charge in [-0.1, -0.05) is 0 Å². The molecule has 0 aromatic heterocycles. The third-order valence-electron chi connectivity index (χ3n) is 2.43. The van der Waals surface area contributed by atoms with Crippen LogP contribution in [0.25, 0.3) is 0 Å². The standard InChI is InChI=1S/C9H19N3O3S/c1-9(10)12-6-5-11(8-12)4-2-3-7-16(13,14)15/h5-6,9H,2-4,7-8,10H2,1H3,(H,13,14,15). The fraction of sp³-hybridized carbons (Fsp3) is 0.778. The van der Waals surface area contributed by atoms with Crippen LogP contribution in [0.5, 0.6) is 0 Å². The van der Waals surface area contributed by atoms with Crippen LogP contribution in [0.15, 0.2) is 12.4 Å². The summed E-state index contributed by atoms with van der Waals surface area (Å²) in [5, 5.41) is 0. The van der Waals surface area contributed by atoms with E-state index < -0.39 is 10.1 Å². The van der Waals surface area contributed by atoms with Crippen molar-refractivity contribution in [2.75, 3.05) is 19.0 Å². The summed E-state index contributed by atoms with van der Waals surface area (Å²) in [5.41, 5.74) is 5.71. The van der Waals surface area contributed by atoms with Crippen LogP contribution in [0, 0.1) is 0 Å². The summed E-state index contributed by atoms with van der Waals surface area (Å²) in [6.07, 6.45) is 5.06. The molecule has 0 aromatic carbocycles.